The largest absolute Gasteiger partial charge is 0.480 e. The van der Waals surface area contributed by atoms with Crippen molar-refractivity contribution in [3.63, 3.8) is 0 Å². The van der Waals surface area contributed by atoms with Gasteiger partial charge in [0.2, 0.25) is 0 Å². The van der Waals surface area contributed by atoms with Crippen LogP contribution in [0.25, 0.3) is 0 Å². The van der Waals surface area contributed by atoms with Gasteiger partial charge in [0.1, 0.15) is 0 Å². The maximum absolute atomic E-state index is 13.2. The minimum Gasteiger partial charge on any atom is -0.480 e. The van der Waals surface area contributed by atoms with Crippen LogP contribution in [-0.2, 0) is 16.9 Å². The number of carboxylic acid groups (broad SMARTS) is 1. The number of carbonyl (C=O) groups excluding carboxylic acids is 1. The summed E-state index contributed by atoms with van der Waals surface area (Å²) < 4.78 is 0. The molecule has 8 heteroatoms. The molecular weight excluding hydrogens is 432 g/mol. The molecule has 0 amide bonds. The van der Waals surface area contributed by atoms with E-state index in [2.05, 4.69) is 10.1 Å². The molecule has 4 N–H and O–H groups in total. The van der Waals surface area contributed by atoms with Gasteiger partial charge >= 0.3 is 5.97 Å². The van der Waals surface area contributed by atoms with Gasteiger partial charge in [0.05, 0.1) is 18.4 Å². The first-order chi connectivity index (χ1) is 16.4. The molecule has 0 aliphatic carbocycles. The Morgan fingerprint density at radius 3 is 2.41 bits per heavy atom. The summed E-state index contributed by atoms with van der Waals surface area (Å²) in [4.78, 5) is 26.3. The summed E-state index contributed by atoms with van der Waals surface area (Å²) in [5.74, 6) is -1.11. The van der Waals surface area contributed by atoms with E-state index < -0.39 is 11.6 Å². The highest BCUT2D eigenvalue weighted by Crippen LogP contribution is 2.35. The number of ketones is 1. The van der Waals surface area contributed by atoms with Crippen LogP contribution in [0.2, 0.25) is 0 Å². The van der Waals surface area contributed by atoms with E-state index in [1.165, 1.54) is 19.3 Å². The molecule has 0 bridgehead atoms. The summed E-state index contributed by atoms with van der Waals surface area (Å²) in [6.45, 7) is 2.02. The number of hydrogen-bond donors (Lipinski definition) is 3. The smallest absolute Gasteiger partial charge is 0.317 e. The van der Waals surface area contributed by atoms with Gasteiger partial charge in [-0.3, -0.25) is 19.5 Å². The minimum atomic E-state index is -1.15. The first-order valence-electron chi connectivity index (χ1n) is 11.8. The molecule has 2 aliphatic heterocycles. The summed E-state index contributed by atoms with van der Waals surface area (Å²) in [7, 11) is 0. The number of nitrogens with zero attached hydrogens (tertiary/aromatic N) is 3. The van der Waals surface area contributed by atoms with Crippen LogP contribution in [0.5, 0.6) is 0 Å². The summed E-state index contributed by atoms with van der Waals surface area (Å²) in [6.07, 6.45) is 6.23. The summed E-state index contributed by atoms with van der Waals surface area (Å²) >= 11 is 0. The number of carboxylic acids is 1. The van der Waals surface area contributed by atoms with Crippen LogP contribution in [0.4, 0.5) is 0 Å². The van der Waals surface area contributed by atoms with Crippen LogP contribution in [0, 0.1) is 0 Å². The molecule has 2 aliphatic rings. The highest BCUT2D eigenvalue weighted by Gasteiger charge is 2.40. The van der Waals surface area contributed by atoms with Crippen LogP contribution in [0.15, 0.2) is 47.6 Å². The molecule has 2 heterocycles. The third-order valence-electron chi connectivity index (χ3n) is 6.75. The average Bonchev–Trinajstić information content (AvgIpc) is 2.85. The first kappa shape index (κ1) is 24.1. The Balaban J connectivity index is 1.55. The van der Waals surface area contributed by atoms with Crippen molar-refractivity contribution in [1.29, 1.82) is 0 Å². The van der Waals surface area contributed by atoms with E-state index in [4.69, 9.17) is 5.73 Å². The van der Waals surface area contributed by atoms with Crippen molar-refractivity contribution in [2.24, 2.45) is 10.8 Å². The van der Waals surface area contributed by atoms with E-state index in [0.29, 0.717) is 29.7 Å². The van der Waals surface area contributed by atoms with Gasteiger partial charge in [-0.15, -0.1) is 0 Å². The molecule has 1 unspecified atom stereocenters. The average molecular weight is 465 g/mol. The lowest BCUT2D eigenvalue weighted by Crippen LogP contribution is -2.58. The molecule has 1 atom stereocenters. The Hall–Kier alpha value is -3.07. The van der Waals surface area contributed by atoms with Gasteiger partial charge in [0.25, 0.3) is 0 Å². The zero-order valence-corrected chi connectivity index (χ0v) is 19.3. The van der Waals surface area contributed by atoms with Crippen molar-refractivity contribution in [2.45, 2.75) is 37.8 Å². The van der Waals surface area contributed by atoms with Crippen LogP contribution in [0.1, 0.15) is 58.3 Å². The van der Waals surface area contributed by atoms with Crippen LogP contribution >= 0.6 is 0 Å². The Labute approximate surface area is 199 Å². The van der Waals surface area contributed by atoms with Crippen LogP contribution < -0.4 is 5.73 Å². The SMILES string of the molecule is NC1(CCO)c2cc(C(=O)c3ccc(C=NN4CCCCC4)cc3)ccc2CCN1CC(=O)O. The zero-order chi connectivity index (χ0) is 24.1. The van der Waals surface area contributed by atoms with Crippen molar-refractivity contribution in [3.8, 4) is 0 Å². The van der Waals surface area contributed by atoms with Gasteiger partial charge in [-0.2, -0.15) is 5.10 Å². The van der Waals surface area contributed by atoms with E-state index in [1.807, 2.05) is 24.4 Å². The first-order valence-corrected chi connectivity index (χ1v) is 11.8. The molecule has 8 nitrogen and oxygen atoms in total. The van der Waals surface area contributed by atoms with E-state index in [9.17, 15) is 19.8 Å². The zero-order valence-electron chi connectivity index (χ0n) is 19.3. The maximum Gasteiger partial charge on any atom is 0.317 e. The standard InChI is InChI=1S/C26H32N4O4/c27-26(11-15-31)23-16-22(9-8-20(23)10-14-29(26)18-24(32)33)25(34)21-6-4-19(5-7-21)17-28-30-12-2-1-3-13-30/h4-9,16-17,31H,1-3,10-15,18,27H2,(H,32,33). The number of piperidine rings is 1. The topological polar surface area (TPSA) is 119 Å². The lowest BCUT2D eigenvalue weighted by molar-refractivity contribution is -0.140. The second kappa shape index (κ2) is 10.5. The lowest BCUT2D eigenvalue weighted by atomic mass is 9.83. The fraction of sp³-hybridized carbons (Fsp3) is 0.423. The predicted octanol–water partition coefficient (Wildman–Crippen LogP) is 2.17. The van der Waals surface area contributed by atoms with Crippen molar-refractivity contribution in [2.75, 3.05) is 32.8 Å². The summed E-state index contributed by atoms with van der Waals surface area (Å²) in [6, 6.07) is 12.8. The fourth-order valence-corrected chi connectivity index (χ4v) is 4.84. The van der Waals surface area contributed by atoms with Gasteiger partial charge in [-0.1, -0.05) is 36.4 Å². The fourth-order valence-electron chi connectivity index (χ4n) is 4.84. The number of rotatable bonds is 8. The number of aliphatic hydroxyl groups is 1. The van der Waals surface area contributed by atoms with E-state index in [-0.39, 0.29) is 25.4 Å². The number of nitrogens with two attached hydrogens (primary N) is 1. The molecule has 0 saturated carbocycles. The third-order valence-corrected chi connectivity index (χ3v) is 6.75. The van der Waals surface area contributed by atoms with Gasteiger partial charge in [0, 0.05) is 43.8 Å². The number of fused-ring (bicyclic) bond motifs is 1. The van der Waals surface area contributed by atoms with Crippen molar-refractivity contribution >= 4 is 18.0 Å². The monoisotopic (exact) mass is 464 g/mol. The molecule has 34 heavy (non-hydrogen) atoms. The summed E-state index contributed by atoms with van der Waals surface area (Å²) in [5.41, 5.74) is 9.16. The van der Waals surface area contributed by atoms with Crippen LogP contribution in [-0.4, -0.2) is 70.9 Å². The Bertz CT molecular complexity index is 1060. The van der Waals surface area contributed by atoms with Gasteiger partial charge in [-0.25, -0.2) is 0 Å². The van der Waals surface area contributed by atoms with Crippen molar-refractivity contribution < 1.29 is 19.8 Å². The van der Waals surface area contributed by atoms with E-state index >= 15 is 0 Å². The second-order valence-electron chi connectivity index (χ2n) is 9.05. The Morgan fingerprint density at radius 1 is 1.03 bits per heavy atom. The van der Waals surface area contributed by atoms with Gasteiger partial charge in [-0.05, 0) is 48.4 Å². The molecule has 0 spiro atoms. The normalized spacial score (nSPS) is 20.9. The highest BCUT2D eigenvalue weighted by atomic mass is 16.4. The number of benzene rings is 2. The number of hydrogen-bond acceptors (Lipinski definition) is 7. The Morgan fingerprint density at radius 2 is 1.74 bits per heavy atom. The molecule has 180 valence electrons. The molecule has 4 rings (SSSR count). The molecule has 1 saturated heterocycles. The van der Waals surface area contributed by atoms with Crippen LogP contribution in [0.3, 0.4) is 0 Å². The van der Waals surface area contributed by atoms with Crippen molar-refractivity contribution in [1.82, 2.24) is 9.91 Å². The Kier molecular flexibility index (Phi) is 7.41. The third kappa shape index (κ3) is 5.19. The van der Waals surface area contributed by atoms with Gasteiger partial charge < -0.3 is 15.9 Å². The molecule has 1 fully saturated rings. The highest BCUT2D eigenvalue weighted by molar-refractivity contribution is 6.09. The lowest BCUT2D eigenvalue weighted by Gasteiger charge is -2.45. The second-order valence-corrected chi connectivity index (χ2v) is 9.05. The van der Waals surface area contributed by atoms with E-state index in [1.54, 1.807) is 29.2 Å². The van der Waals surface area contributed by atoms with E-state index in [0.717, 1.165) is 24.2 Å². The minimum absolute atomic E-state index is 0.135. The van der Waals surface area contributed by atoms with Gasteiger partial charge in [0.15, 0.2) is 5.78 Å². The molecular formula is C26H32N4O4. The maximum atomic E-state index is 13.2. The number of carbonyl (C=O) groups is 2. The quantitative estimate of drug-likeness (QED) is 0.405. The summed E-state index contributed by atoms with van der Waals surface area (Å²) in [5, 5.41) is 25.6. The predicted molar refractivity (Wildman–Crippen MR) is 130 cm³/mol. The molecule has 2 aromatic carbocycles. The number of aliphatic carboxylic acids is 1. The molecule has 0 radical (unpaired) electrons. The number of aliphatic hydroxyl groups excluding tert-OH is 1. The molecule has 0 aromatic heterocycles. The van der Waals surface area contributed by atoms with Crippen molar-refractivity contribution in [3.05, 3.63) is 70.3 Å². The number of hydrazone groups is 1. The molecule has 2 aromatic rings.